The molecule has 2 aromatic carbocycles. The lowest BCUT2D eigenvalue weighted by Crippen LogP contribution is -2.40. The molecule has 0 saturated heterocycles. The minimum Gasteiger partial charge on any atom is -0.390 e. The lowest BCUT2D eigenvalue weighted by molar-refractivity contribution is 0.142. The van der Waals surface area contributed by atoms with Gasteiger partial charge in [-0.2, -0.15) is 5.10 Å². The maximum absolute atomic E-state index is 12.3. The fourth-order valence-electron chi connectivity index (χ4n) is 3.35. The lowest BCUT2D eigenvalue weighted by atomic mass is 10.1. The van der Waals surface area contributed by atoms with Gasteiger partial charge in [-0.25, -0.2) is 9.48 Å². The molecule has 0 radical (unpaired) electrons. The summed E-state index contributed by atoms with van der Waals surface area (Å²) in [4.78, 5) is 12.3. The Bertz CT molecular complexity index is 908. The average Bonchev–Trinajstić information content (AvgIpc) is 3.29. The summed E-state index contributed by atoms with van der Waals surface area (Å²) in [5, 5.41) is 20.2. The molecular weight excluding hydrogens is 328 g/mol. The van der Waals surface area contributed by atoms with E-state index in [9.17, 15) is 9.90 Å². The van der Waals surface area contributed by atoms with E-state index in [1.54, 1.807) is 10.9 Å². The number of aromatic nitrogens is 2. The molecular formula is C20H20N4O2. The van der Waals surface area contributed by atoms with Crippen LogP contribution in [0.5, 0.6) is 0 Å². The van der Waals surface area contributed by atoms with Crippen molar-refractivity contribution in [2.75, 3.05) is 0 Å². The molecule has 2 unspecified atom stereocenters. The standard InChI is InChI=1S/C20H20N4O2/c25-18-12-15-6-1-2-8-17(15)19(18)23-20(26)21-13-14-5-3-7-16(11-14)24-10-4-9-22-24/h1-11,18-19,25H,12-13H2,(H2,21,23,26). The molecule has 0 fully saturated rings. The van der Waals surface area contributed by atoms with Gasteiger partial charge in [-0.05, 0) is 34.9 Å². The smallest absolute Gasteiger partial charge is 0.315 e. The van der Waals surface area contributed by atoms with Crippen molar-refractivity contribution in [3.8, 4) is 5.69 Å². The number of hydrogen-bond acceptors (Lipinski definition) is 3. The monoisotopic (exact) mass is 348 g/mol. The van der Waals surface area contributed by atoms with E-state index in [-0.39, 0.29) is 12.1 Å². The van der Waals surface area contributed by atoms with Crippen LogP contribution in [0.3, 0.4) is 0 Å². The molecule has 26 heavy (non-hydrogen) atoms. The number of carbonyl (C=O) groups excluding carboxylic acids is 1. The second-order valence-electron chi connectivity index (χ2n) is 6.40. The third-order valence-corrected chi connectivity index (χ3v) is 4.62. The van der Waals surface area contributed by atoms with Crippen molar-refractivity contribution >= 4 is 6.03 Å². The minimum absolute atomic E-state index is 0.296. The van der Waals surface area contributed by atoms with Crippen LogP contribution in [0.25, 0.3) is 5.69 Å². The zero-order valence-electron chi connectivity index (χ0n) is 14.2. The number of rotatable bonds is 4. The molecule has 1 heterocycles. The van der Waals surface area contributed by atoms with Crippen molar-refractivity contribution in [3.05, 3.63) is 83.7 Å². The number of urea groups is 1. The fraction of sp³-hybridized carbons (Fsp3) is 0.200. The van der Waals surface area contributed by atoms with Gasteiger partial charge in [0.15, 0.2) is 0 Å². The molecule has 132 valence electrons. The maximum Gasteiger partial charge on any atom is 0.315 e. The number of nitrogens with zero attached hydrogens (tertiary/aromatic N) is 2. The van der Waals surface area contributed by atoms with E-state index in [0.717, 1.165) is 22.4 Å². The number of aliphatic hydroxyl groups is 1. The highest BCUT2D eigenvalue weighted by Gasteiger charge is 2.31. The predicted molar refractivity (Wildman–Crippen MR) is 97.8 cm³/mol. The summed E-state index contributed by atoms with van der Waals surface area (Å²) in [7, 11) is 0. The largest absolute Gasteiger partial charge is 0.390 e. The molecule has 0 saturated carbocycles. The van der Waals surface area contributed by atoms with E-state index in [2.05, 4.69) is 15.7 Å². The molecule has 6 heteroatoms. The van der Waals surface area contributed by atoms with Gasteiger partial charge in [0.1, 0.15) is 0 Å². The summed E-state index contributed by atoms with van der Waals surface area (Å²) in [5.41, 5.74) is 3.98. The lowest BCUT2D eigenvalue weighted by Gasteiger charge is -2.18. The summed E-state index contributed by atoms with van der Waals surface area (Å²) >= 11 is 0. The molecule has 0 aliphatic heterocycles. The van der Waals surface area contributed by atoms with Crippen molar-refractivity contribution in [2.24, 2.45) is 0 Å². The van der Waals surface area contributed by atoms with Crippen LogP contribution in [0, 0.1) is 0 Å². The highest BCUT2D eigenvalue weighted by molar-refractivity contribution is 5.74. The summed E-state index contributed by atoms with van der Waals surface area (Å²) in [6, 6.07) is 16.8. The van der Waals surface area contributed by atoms with Gasteiger partial charge in [0, 0.05) is 25.4 Å². The van der Waals surface area contributed by atoms with Crippen LogP contribution in [0.1, 0.15) is 22.7 Å². The topological polar surface area (TPSA) is 79.2 Å². The van der Waals surface area contributed by atoms with Crippen molar-refractivity contribution in [3.63, 3.8) is 0 Å². The van der Waals surface area contributed by atoms with Crippen LogP contribution in [0.2, 0.25) is 0 Å². The fourth-order valence-corrected chi connectivity index (χ4v) is 3.35. The summed E-state index contributed by atoms with van der Waals surface area (Å²) < 4.78 is 1.77. The number of aliphatic hydroxyl groups excluding tert-OH is 1. The second kappa shape index (κ2) is 7.01. The molecule has 1 aromatic heterocycles. The molecule has 0 bridgehead atoms. The molecule has 2 atom stereocenters. The zero-order valence-corrected chi connectivity index (χ0v) is 14.2. The van der Waals surface area contributed by atoms with Crippen molar-refractivity contribution < 1.29 is 9.90 Å². The first-order chi connectivity index (χ1) is 12.7. The molecule has 3 N–H and O–H groups in total. The van der Waals surface area contributed by atoms with Crippen LogP contribution < -0.4 is 10.6 Å². The first-order valence-electron chi connectivity index (χ1n) is 8.60. The summed E-state index contributed by atoms with van der Waals surface area (Å²) in [5.74, 6) is 0. The summed E-state index contributed by atoms with van der Waals surface area (Å²) in [6.45, 7) is 0.394. The quantitative estimate of drug-likeness (QED) is 0.677. The van der Waals surface area contributed by atoms with Gasteiger partial charge in [-0.3, -0.25) is 0 Å². The predicted octanol–water partition coefficient (Wildman–Crippen LogP) is 2.33. The number of benzene rings is 2. The highest BCUT2D eigenvalue weighted by Crippen LogP contribution is 2.31. The van der Waals surface area contributed by atoms with Crippen molar-refractivity contribution in [2.45, 2.75) is 25.1 Å². The first-order valence-corrected chi connectivity index (χ1v) is 8.60. The Morgan fingerprint density at radius 2 is 2.08 bits per heavy atom. The van der Waals surface area contributed by atoms with Gasteiger partial charge in [0.05, 0.1) is 17.8 Å². The molecule has 1 aliphatic rings. The van der Waals surface area contributed by atoms with Crippen LogP contribution in [-0.4, -0.2) is 27.0 Å². The Balaban J connectivity index is 1.38. The second-order valence-corrected chi connectivity index (χ2v) is 6.40. The van der Waals surface area contributed by atoms with Crippen molar-refractivity contribution in [1.29, 1.82) is 0 Å². The molecule has 2 amide bonds. The van der Waals surface area contributed by atoms with E-state index in [1.807, 2.05) is 60.8 Å². The van der Waals surface area contributed by atoms with E-state index in [0.29, 0.717) is 13.0 Å². The Labute approximate surface area is 151 Å². The van der Waals surface area contributed by atoms with Crippen LogP contribution in [0.15, 0.2) is 67.0 Å². The van der Waals surface area contributed by atoms with Crippen LogP contribution in [0.4, 0.5) is 4.79 Å². The third kappa shape index (κ3) is 3.32. The van der Waals surface area contributed by atoms with Crippen LogP contribution >= 0.6 is 0 Å². The number of amides is 2. The number of nitrogens with one attached hydrogen (secondary N) is 2. The van der Waals surface area contributed by atoms with Gasteiger partial charge in [0.2, 0.25) is 0 Å². The Morgan fingerprint density at radius 1 is 1.19 bits per heavy atom. The van der Waals surface area contributed by atoms with Gasteiger partial charge in [-0.1, -0.05) is 36.4 Å². The zero-order chi connectivity index (χ0) is 17.9. The normalized spacial score (nSPS) is 18.3. The van der Waals surface area contributed by atoms with Gasteiger partial charge >= 0.3 is 6.03 Å². The average molecular weight is 348 g/mol. The van der Waals surface area contributed by atoms with E-state index < -0.39 is 6.10 Å². The molecule has 4 rings (SSSR count). The van der Waals surface area contributed by atoms with E-state index in [1.165, 1.54) is 0 Å². The first kappa shape index (κ1) is 16.4. The number of carbonyl (C=O) groups is 1. The van der Waals surface area contributed by atoms with E-state index >= 15 is 0 Å². The maximum atomic E-state index is 12.3. The molecule has 3 aromatic rings. The number of fused-ring (bicyclic) bond motifs is 1. The van der Waals surface area contributed by atoms with Gasteiger partial charge in [-0.15, -0.1) is 0 Å². The molecule has 6 nitrogen and oxygen atoms in total. The number of hydrogen-bond donors (Lipinski definition) is 3. The Hall–Kier alpha value is -3.12. The molecule has 0 spiro atoms. The van der Waals surface area contributed by atoms with Gasteiger partial charge in [0.25, 0.3) is 0 Å². The van der Waals surface area contributed by atoms with Gasteiger partial charge < -0.3 is 15.7 Å². The van der Waals surface area contributed by atoms with Crippen LogP contribution in [-0.2, 0) is 13.0 Å². The Kier molecular flexibility index (Phi) is 4.41. The van der Waals surface area contributed by atoms with Crippen molar-refractivity contribution in [1.82, 2.24) is 20.4 Å². The SMILES string of the molecule is O=C(NCc1cccc(-n2cccn2)c1)NC1c2ccccc2CC1O. The van der Waals surface area contributed by atoms with E-state index in [4.69, 9.17) is 0 Å². The Morgan fingerprint density at radius 3 is 2.92 bits per heavy atom. The molecule has 1 aliphatic carbocycles. The third-order valence-electron chi connectivity index (χ3n) is 4.62. The highest BCUT2D eigenvalue weighted by atomic mass is 16.3. The minimum atomic E-state index is -0.596. The summed E-state index contributed by atoms with van der Waals surface area (Å²) in [6.07, 6.45) is 3.57.